The summed E-state index contributed by atoms with van der Waals surface area (Å²) in [5.74, 6) is -1.38. The zero-order chi connectivity index (χ0) is 20.1. The maximum absolute atomic E-state index is 12.8. The predicted molar refractivity (Wildman–Crippen MR) is 108 cm³/mol. The first kappa shape index (κ1) is 19.8. The molecule has 28 heavy (non-hydrogen) atoms. The Morgan fingerprint density at radius 1 is 1.04 bits per heavy atom. The van der Waals surface area contributed by atoms with Gasteiger partial charge in [0.1, 0.15) is 5.76 Å². The molecule has 5 heteroatoms. The van der Waals surface area contributed by atoms with Gasteiger partial charge in [0.2, 0.25) is 0 Å². The molecule has 1 aliphatic rings. The Hall–Kier alpha value is -2.92. The third-order valence-corrected chi connectivity index (χ3v) is 4.70. The van der Waals surface area contributed by atoms with Gasteiger partial charge in [-0.25, -0.2) is 0 Å². The fourth-order valence-electron chi connectivity index (χ4n) is 3.40. The van der Waals surface area contributed by atoms with E-state index in [1.807, 2.05) is 50.2 Å². The number of aliphatic hydroxyl groups excluding tert-OH is 1. The lowest BCUT2D eigenvalue weighted by molar-refractivity contribution is -0.140. The van der Waals surface area contributed by atoms with Gasteiger partial charge in [0.05, 0.1) is 17.7 Å². The topological polar surface area (TPSA) is 66.8 Å². The molecule has 146 valence electrons. The molecule has 0 bridgehead atoms. The Morgan fingerprint density at radius 2 is 1.64 bits per heavy atom. The zero-order valence-corrected chi connectivity index (χ0v) is 16.2. The van der Waals surface area contributed by atoms with Gasteiger partial charge in [0.15, 0.2) is 0 Å². The minimum absolute atomic E-state index is 0.110. The number of carbonyl (C=O) groups excluding carboxylic acids is 2. The lowest BCUT2D eigenvalue weighted by atomic mass is 9.95. The van der Waals surface area contributed by atoms with Crippen LogP contribution < -0.4 is 0 Å². The van der Waals surface area contributed by atoms with Crippen molar-refractivity contribution in [1.82, 2.24) is 4.90 Å². The van der Waals surface area contributed by atoms with E-state index in [9.17, 15) is 14.7 Å². The Bertz CT molecular complexity index is 859. The van der Waals surface area contributed by atoms with Crippen LogP contribution in [0.5, 0.6) is 0 Å². The molecule has 3 rings (SSSR count). The number of rotatable bonds is 7. The highest BCUT2D eigenvalue weighted by Gasteiger charge is 2.45. The first-order chi connectivity index (χ1) is 13.5. The standard InChI is InChI=1S/C23H25NO4/c1-16(2)28-15-9-14-24-20(17-10-5-3-6-11-17)19(22(26)23(24)27)21(25)18-12-7-4-8-13-18/h3-8,10-13,16,20,25H,9,14-15H2,1-2H3/b21-19-. The molecular formula is C23H25NO4. The van der Waals surface area contributed by atoms with Crippen LogP contribution in [0.15, 0.2) is 66.2 Å². The third kappa shape index (κ3) is 4.15. The molecule has 5 nitrogen and oxygen atoms in total. The Morgan fingerprint density at radius 3 is 2.25 bits per heavy atom. The monoisotopic (exact) mass is 379 g/mol. The highest BCUT2D eigenvalue weighted by molar-refractivity contribution is 6.46. The molecule has 0 aliphatic carbocycles. The van der Waals surface area contributed by atoms with Crippen molar-refractivity contribution in [3.8, 4) is 0 Å². The lowest BCUT2D eigenvalue weighted by Crippen LogP contribution is -2.31. The SMILES string of the molecule is CC(C)OCCCN1C(=O)C(=O)/C(=C(\O)c2ccccc2)C1c1ccccc1. The number of hydrogen-bond donors (Lipinski definition) is 1. The van der Waals surface area contributed by atoms with Crippen molar-refractivity contribution in [2.45, 2.75) is 32.4 Å². The molecule has 2 aromatic rings. The second-order valence-electron chi connectivity index (χ2n) is 7.04. The van der Waals surface area contributed by atoms with Crippen molar-refractivity contribution >= 4 is 17.4 Å². The van der Waals surface area contributed by atoms with Gasteiger partial charge in [-0.2, -0.15) is 0 Å². The van der Waals surface area contributed by atoms with E-state index in [0.717, 1.165) is 5.56 Å². The highest BCUT2D eigenvalue weighted by atomic mass is 16.5. The van der Waals surface area contributed by atoms with Gasteiger partial charge in [-0.1, -0.05) is 60.7 Å². The predicted octanol–water partition coefficient (Wildman–Crippen LogP) is 3.92. The second-order valence-corrected chi connectivity index (χ2v) is 7.04. The van der Waals surface area contributed by atoms with Crippen molar-refractivity contribution in [2.75, 3.05) is 13.2 Å². The van der Waals surface area contributed by atoms with E-state index in [2.05, 4.69) is 0 Å². The van der Waals surface area contributed by atoms with Gasteiger partial charge in [0, 0.05) is 18.7 Å². The Labute approximate surface area is 165 Å². The average Bonchev–Trinajstić information content (AvgIpc) is 2.96. The number of hydrogen-bond acceptors (Lipinski definition) is 4. The molecule has 1 amide bonds. The molecule has 0 radical (unpaired) electrons. The van der Waals surface area contributed by atoms with Crippen LogP contribution in [0.1, 0.15) is 37.4 Å². The largest absolute Gasteiger partial charge is 0.507 e. The number of benzene rings is 2. The van der Waals surface area contributed by atoms with E-state index in [-0.39, 0.29) is 17.4 Å². The molecule has 1 unspecified atom stereocenters. The number of aliphatic hydroxyl groups is 1. The number of Topliss-reactive ketones (excluding diaryl/α,β-unsaturated/α-hetero) is 1. The molecule has 1 N–H and O–H groups in total. The molecule has 1 heterocycles. The summed E-state index contributed by atoms with van der Waals surface area (Å²) in [7, 11) is 0. The summed E-state index contributed by atoms with van der Waals surface area (Å²) < 4.78 is 5.56. The van der Waals surface area contributed by atoms with Gasteiger partial charge in [0.25, 0.3) is 11.7 Å². The summed E-state index contributed by atoms with van der Waals surface area (Å²) in [5, 5.41) is 10.9. The van der Waals surface area contributed by atoms with E-state index in [1.54, 1.807) is 24.3 Å². The number of amides is 1. The van der Waals surface area contributed by atoms with E-state index in [1.165, 1.54) is 4.90 Å². The summed E-state index contributed by atoms with van der Waals surface area (Å²) in [4.78, 5) is 27.1. The van der Waals surface area contributed by atoms with E-state index in [4.69, 9.17) is 4.74 Å². The molecule has 0 saturated carbocycles. The molecule has 0 spiro atoms. The van der Waals surface area contributed by atoms with E-state index in [0.29, 0.717) is 25.1 Å². The fourth-order valence-corrected chi connectivity index (χ4v) is 3.40. The maximum Gasteiger partial charge on any atom is 0.295 e. The number of nitrogens with zero attached hydrogens (tertiary/aromatic N) is 1. The lowest BCUT2D eigenvalue weighted by Gasteiger charge is -2.25. The van der Waals surface area contributed by atoms with Gasteiger partial charge in [-0.05, 0) is 25.8 Å². The van der Waals surface area contributed by atoms with Crippen molar-refractivity contribution in [1.29, 1.82) is 0 Å². The maximum atomic E-state index is 12.8. The zero-order valence-electron chi connectivity index (χ0n) is 16.2. The molecule has 1 fully saturated rings. The molecule has 1 aliphatic heterocycles. The number of ketones is 1. The number of likely N-dealkylation sites (tertiary alicyclic amines) is 1. The van der Waals surface area contributed by atoms with Gasteiger partial charge in [-0.15, -0.1) is 0 Å². The van der Waals surface area contributed by atoms with Gasteiger partial charge in [-0.3, -0.25) is 9.59 Å². The van der Waals surface area contributed by atoms with Crippen LogP contribution in [0.3, 0.4) is 0 Å². The summed E-state index contributed by atoms with van der Waals surface area (Å²) >= 11 is 0. The number of carbonyl (C=O) groups is 2. The fraction of sp³-hybridized carbons (Fsp3) is 0.304. The number of ether oxygens (including phenoxy) is 1. The minimum Gasteiger partial charge on any atom is -0.507 e. The third-order valence-electron chi connectivity index (χ3n) is 4.70. The normalized spacial score (nSPS) is 18.8. The van der Waals surface area contributed by atoms with Crippen LogP contribution >= 0.6 is 0 Å². The smallest absolute Gasteiger partial charge is 0.295 e. The summed E-state index contributed by atoms with van der Waals surface area (Å²) in [6.07, 6.45) is 0.721. The van der Waals surface area contributed by atoms with Gasteiger partial charge < -0.3 is 14.7 Å². The van der Waals surface area contributed by atoms with Gasteiger partial charge >= 0.3 is 0 Å². The van der Waals surface area contributed by atoms with Crippen LogP contribution in [0.25, 0.3) is 5.76 Å². The first-order valence-corrected chi connectivity index (χ1v) is 9.51. The first-order valence-electron chi connectivity index (χ1n) is 9.51. The van der Waals surface area contributed by atoms with Crippen LogP contribution in [-0.4, -0.2) is 41.0 Å². The van der Waals surface area contributed by atoms with Crippen molar-refractivity contribution in [2.24, 2.45) is 0 Å². The summed E-state index contributed by atoms with van der Waals surface area (Å²) in [6.45, 7) is 4.79. The molecule has 1 atom stereocenters. The van der Waals surface area contributed by atoms with Crippen LogP contribution in [0.2, 0.25) is 0 Å². The van der Waals surface area contributed by atoms with E-state index < -0.39 is 17.7 Å². The van der Waals surface area contributed by atoms with E-state index >= 15 is 0 Å². The second kappa shape index (κ2) is 8.85. The quantitative estimate of drug-likeness (QED) is 0.343. The summed E-state index contributed by atoms with van der Waals surface area (Å²) in [6, 6.07) is 17.6. The van der Waals surface area contributed by atoms with Crippen LogP contribution in [-0.2, 0) is 14.3 Å². The Balaban J connectivity index is 1.99. The minimum atomic E-state index is -0.653. The van der Waals surface area contributed by atoms with Crippen LogP contribution in [0, 0.1) is 0 Å². The van der Waals surface area contributed by atoms with Crippen molar-refractivity contribution in [3.05, 3.63) is 77.4 Å². The molecule has 2 aromatic carbocycles. The van der Waals surface area contributed by atoms with Crippen molar-refractivity contribution in [3.63, 3.8) is 0 Å². The van der Waals surface area contributed by atoms with Crippen molar-refractivity contribution < 1.29 is 19.4 Å². The molecule has 0 aromatic heterocycles. The van der Waals surface area contributed by atoms with Crippen LogP contribution in [0.4, 0.5) is 0 Å². The highest BCUT2D eigenvalue weighted by Crippen LogP contribution is 2.39. The average molecular weight is 379 g/mol. The molecular weight excluding hydrogens is 354 g/mol. The Kier molecular flexibility index (Phi) is 6.26. The summed E-state index contributed by atoms with van der Waals surface area (Å²) in [5.41, 5.74) is 1.45. The molecule has 1 saturated heterocycles.